The first-order valence-electron chi connectivity index (χ1n) is 10.5. The number of amides is 1. The lowest BCUT2D eigenvalue weighted by Gasteiger charge is -2.63. The van der Waals surface area contributed by atoms with E-state index in [4.69, 9.17) is 4.74 Å². The van der Waals surface area contributed by atoms with E-state index in [1.54, 1.807) is 0 Å². The summed E-state index contributed by atoms with van der Waals surface area (Å²) in [5.74, 6) is 1.31. The SMILES string of the molecule is CC1=C[C@@H]2CC3(C)O[C@@H]4CC3[C@@](O)(C4)C23C(=O)N[C@@H](CC(C)C)[C@H]3[C@@H]1C. The van der Waals surface area contributed by atoms with Gasteiger partial charge in [-0.1, -0.05) is 32.4 Å². The molecule has 3 aliphatic carbocycles. The first-order chi connectivity index (χ1) is 12.1. The molecule has 144 valence electrons. The topological polar surface area (TPSA) is 58.6 Å². The van der Waals surface area contributed by atoms with Crippen LogP contribution >= 0.6 is 0 Å². The number of hydrogen-bond donors (Lipinski definition) is 2. The average Bonchev–Trinajstić information content (AvgIpc) is 3.11. The zero-order valence-electron chi connectivity index (χ0n) is 16.7. The predicted molar refractivity (Wildman–Crippen MR) is 99.3 cm³/mol. The number of fused-ring (bicyclic) bond motifs is 1. The fourth-order valence-electron chi connectivity index (χ4n) is 8.05. The van der Waals surface area contributed by atoms with E-state index < -0.39 is 11.0 Å². The van der Waals surface area contributed by atoms with Crippen molar-refractivity contribution in [1.29, 1.82) is 0 Å². The van der Waals surface area contributed by atoms with Crippen molar-refractivity contribution in [3.8, 4) is 0 Å². The number of rotatable bonds is 2. The van der Waals surface area contributed by atoms with Crippen LogP contribution in [0.25, 0.3) is 0 Å². The van der Waals surface area contributed by atoms with E-state index in [1.165, 1.54) is 5.57 Å². The molecule has 0 radical (unpaired) electrons. The summed E-state index contributed by atoms with van der Waals surface area (Å²) in [5, 5.41) is 15.6. The van der Waals surface area contributed by atoms with Crippen molar-refractivity contribution in [2.24, 2.45) is 35.0 Å². The van der Waals surface area contributed by atoms with Gasteiger partial charge in [0.2, 0.25) is 5.91 Å². The van der Waals surface area contributed by atoms with Gasteiger partial charge in [-0.15, -0.1) is 0 Å². The van der Waals surface area contributed by atoms with Crippen molar-refractivity contribution in [3.63, 3.8) is 0 Å². The van der Waals surface area contributed by atoms with Crippen LogP contribution in [0, 0.1) is 35.0 Å². The second-order valence-corrected chi connectivity index (χ2v) is 10.6. The first-order valence-corrected chi connectivity index (χ1v) is 10.5. The third-order valence-electron chi connectivity index (χ3n) is 8.81. The molecular weight excluding hydrogens is 326 g/mol. The largest absolute Gasteiger partial charge is 0.388 e. The molecule has 2 heterocycles. The molecule has 9 atom stereocenters. The molecule has 2 bridgehead atoms. The Hall–Kier alpha value is -0.870. The maximum absolute atomic E-state index is 13.6. The molecule has 1 amide bonds. The summed E-state index contributed by atoms with van der Waals surface area (Å²) in [4.78, 5) is 13.6. The van der Waals surface area contributed by atoms with Gasteiger partial charge < -0.3 is 15.2 Å². The van der Waals surface area contributed by atoms with E-state index in [9.17, 15) is 9.90 Å². The highest BCUT2D eigenvalue weighted by atomic mass is 16.5. The van der Waals surface area contributed by atoms with E-state index in [0.717, 1.165) is 19.3 Å². The summed E-state index contributed by atoms with van der Waals surface area (Å²) in [7, 11) is 0. The second kappa shape index (κ2) is 4.94. The third-order valence-corrected chi connectivity index (χ3v) is 8.81. The zero-order chi connectivity index (χ0) is 18.6. The number of hydrogen-bond acceptors (Lipinski definition) is 3. The lowest BCUT2D eigenvalue weighted by Crippen LogP contribution is -2.72. The molecule has 4 heteroatoms. The number of nitrogens with one attached hydrogen (secondary N) is 1. The molecule has 0 aromatic heterocycles. The Morgan fingerprint density at radius 1 is 1.38 bits per heavy atom. The fraction of sp³-hybridized carbons (Fsp3) is 0.864. The van der Waals surface area contributed by atoms with E-state index in [-0.39, 0.29) is 41.4 Å². The molecule has 1 spiro atoms. The van der Waals surface area contributed by atoms with E-state index in [1.807, 2.05) is 0 Å². The Kier molecular flexibility index (Phi) is 3.27. The first kappa shape index (κ1) is 17.2. The van der Waals surface area contributed by atoms with Crippen molar-refractivity contribution in [2.75, 3.05) is 0 Å². The Labute approximate surface area is 156 Å². The van der Waals surface area contributed by atoms with Gasteiger partial charge in [0.15, 0.2) is 0 Å². The molecule has 2 saturated carbocycles. The van der Waals surface area contributed by atoms with Crippen LogP contribution in [0.3, 0.4) is 0 Å². The van der Waals surface area contributed by atoms with Crippen LogP contribution in [0.2, 0.25) is 0 Å². The van der Waals surface area contributed by atoms with Gasteiger partial charge in [0.25, 0.3) is 0 Å². The summed E-state index contributed by atoms with van der Waals surface area (Å²) in [5.41, 5.74) is -0.514. The predicted octanol–water partition coefficient (Wildman–Crippen LogP) is 3.05. The molecule has 26 heavy (non-hydrogen) atoms. The van der Waals surface area contributed by atoms with Gasteiger partial charge in [-0.3, -0.25) is 4.79 Å². The highest BCUT2D eigenvalue weighted by Crippen LogP contribution is 2.72. The standard InChI is InChI=1S/C22H33NO3/c1-11(2)6-16-18-13(4)12(3)7-14-9-20(5)17-8-15(26-20)10-21(17,25)22(14,18)19(24)23-16/h7,11,13-18,25H,6,8-10H2,1-5H3,(H,23,24)/t13-,14-,15-,16+,17?,18-,20?,21+,22?/m1/s1. The van der Waals surface area contributed by atoms with Crippen molar-refractivity contribution in [3.05, 3.63) is 11.6 Å². The lowest BCUT2D eigenvalue weighted by molar-refractivity contribution is -0.264. The van der Waals surface area contributed by atoms with Crippen LogP contribution in [0.15, 0.2) is 11.6 Å². The molecule has 5 aliphatic rings. The Morgan fingerprint density at radius 2 is 2.12 bits per heavy atom. The van der Waals surface area contributed by atoms with Gasteiger partial charge in [0.05, 0.1) is 22.7 Å². The van der Waals surface area contributed by atoms with Crippen molar-refractivity contribution >= 4 is 5.91 Å². The van der Waals surface area contributed by atoms with Gasteiger partial charge in [0.1, 0.15) is 0 Å². The molecule has 2 N–H and O–H groups in total. The van der Waals surface area contributed by atoms with Gasteiger partial charge >= 0.3 is 0 Å². The van der Waals surface area contributed by atoms with Crippen LogP contribution < -0.4 is 5.32 Å². The summed E-state index contributed by atoms with van der Waals surface area (Å²) < 4.78 is 6.35. The summed E-state index contributed by atoms with van der Waals surface area (Å²) in [6.45, 7) is 11.1. The van der Waals surface area contributed by atoms with Crippen molar-refractivity contribution in [1.82, 2.24) is 5.32 Å². The Morgan fingerprint density at radius 3 is 2.77 bits per heavy atom. The average molecular weight is 360 g/mol. The Balaban J connectivity index is 1.71. The molecule has 4 fully saturated rings. The van der Waals surface area contributed by atoms with Crippen LogP contribution in [0.5, 0.6) is 0 Å². The van der Waals surface area contributed by atoms with E-state index in [2.05, 4.69) is 46.0 Å². The second-order valence-electron chi connectivity index (χ2n) is 10.6. The maximum atomic E-state index is 13.6. The van der Waals surface area contributed by atoms with Crippen LogP contribution in [-0.2, 0) is 9.53 Å². The van der Waals surface area contributed by atoms with Gasteiger partial charge in [-0.05, 0) is 50.9 Å². The van der Waals surface area contributed by atoms with Crippen LogP contribution in [-0.4, -0.2) is 34.4 Å². The molecule has 3 unspecified atom stereocenters. The lowest BCUT2D eigenvalue weighted by atomic mass is 9.42. The number of aliphatic hydroxyl groups is 1. The molecule has 5 rings (SSSR count). The van der Waals surface area contributed by atoms with Gasteiger partial charge in [0, 0.05) is 24.3 Å². The number of allylic oxidation sites excluding steroid dienone is 2. The summed E-state index contributed by atoms with van der Waals surface area (Å²) >= 11 is 0. The van der Waals surface area contributed by atoms with Crippen LogP contribution in [0.4, 0.5) is 0 Å². The smallest absolute Gasteiger partial charge is 0.230 e. The molecule has 2 aliphatic heterocycles. The monoisotopic (exact) mass is 359 g/mol. The Bertz CT molecular complexity index is 702. The number of carbonyl (C=O) groups excluding carboxylic acids is 1. The molecule has 4 nitrogen and oxygen atoms in total. The number of carbonyl (C=O) groups is 1. The normalized spacial score (nSPS) is 57.0. The molecule has 0 aromatic rings. The molecule has 0 aromatic carbocycles. The highest BCUT2D eigenvalue weighted by Gasteiger charge is 2.81. The minimum atomic E-state index is -0.931. The molecule has 2 saturated heterocycles. The fourth-order valence-corrected chi connectivity index (χ4v) is 8.05. The number of ether oxygens (including phenoxy) is 1. The van der Waals surface area contributed by atoms with Gasteiger partial charge in [-0.2, -0.15) is 0 Å². The van der Waals surface area contributed by atoms with Gasteiger partial charge in [-0.25, -0.2) is 0 Å². The quantitative estimate of drug-likeness (QED) is 0.745. The van der Waals surface area contributed by atoms with E-state index in [0.29, 0.717) is 18.3 Å². The summed E-state index contributed by atoms with van der Waals surface area (Å²) in [6, 6.07) is 0.164. The molecular formula is C22H33NO3. The van der Waals surface area contributed by atoms with Crippen LogP contribution in [0.1, 0.15) is 60.3 Å². The highest BCUT2D eigenvalue weighted by molar-refractivity contribution is 5.89. The zero-order valence-corrected chi connectivity index (χ0v) is 16.7. The van der Waals surface area contributed by atoms with Crippen molar-refractivity contribution in [2.45, 2.75) is 83.6 Å². The minimum Gasteiger partial charge on any atom is -0.388 e. The maximum Gasteiger partial charge on any atom is 0.230 e. The van der Waals surface area contributed by atoms with E-state index >= 15 is 0 Å². The van der Waals surface area contributed by atoms with Crippen molar-refractivity contribution < 1.29 is 14.6 Å². The minimum absolute atomic E-state index is 0.0752. The summed E-state index contributed by atoms with van der Waals surface area (Å²) in [6.07, 6.45) is 5.81. The third kappa shape index (κ3) is 1.72.